The average Bonchev–Trinajstić information content (AvgIpc) is 3.29. The Morgan fingerprint density at radius 1 is 1.24 bits per heavy atom. The van der Waals surface area contributed by atoms with E-state index in [1.807, 2.05) is 6.07 Å². The number of hydrogen-bond donors (Lipinski definition) is 2. The number of ether oxygens (including phenoxy) is 1. The van der Waals surface area contributed by atoms with Gasteiger partial charge in [0.2, 0.25) is 5.76 Å². The number of hydrogen-bond acceptors (Lipinski definition) is 5. The maximum absolute atomic E-state index is 12.2. The van der Waals surface area contributed by atoms with Gasteiger partial charge in [-0.15, -0.1) is 0 Å². The minimum absolute atomic E-state index is 0.108. The van der Waals surface area contributed by atoms with Crippen molar-refractivity contribution in [3.05, 3.63) is 52.9 Å². The first-order chi connectivity index (χ1) is 12.1. The molecule has 2 amide bonds. The first-order valence-electron chi connectivity index (χ1n) is 8.32. The number of nitrogens with one attached hydrogen (secondary N) is 2. The molecule has 0 aliphatic carbocycles. The van der Waals surface area contributed by atoms with Gasteiger partial charge in [0.1, 0.15) is 0 Å². The Kier molecular flexibility index (Phi) is 5.45. The highest BCUT2D eigenvalue weighted by atomic mass is 16.5. The van der Waals surface area contributed by atoms with Gasteiger partial charge in [0.25, 0.3) is 11.8 Å². The maximum atomic E-state index is 12.2. The lowest BCUT2D eigenvalue weighted by atomic mass is 10.1. The molecule has 2 N–H and O–H groups in total. The number of nitrogens with zero attached hydrogens (tertiary/aromatic N) is 1. The molecule has 2 heterocycles. The largest absolute Gasteiger partial charge is 0.376 e. The molecule has 0 bridgehead atoms. The zero-order valence-corrected chi connectivity index (χ0v) is 14.1. The second kappa shape index (κ2) is 7.94. The molecule has 3 rings (SSSR count). The van der Waals surface area contributed by atoms with Crippen LogP contribution in [0.25, 0.3) is 0 Å². The van der Waals surface area contributed by atoms with Crippen molar-refractivity contribution in [2.24, 2.45) is 0 Å². The molecule has 1 fully saturated rings. The van der Waals surface area contributed by atoms with E-state index in [1.54, 1.807) is 31.2 Å². The van der Waals surface area contributed by atoms with Crippen LogP contribution in [0.3, 0.4) is 0 Å². The predicted molar refractivity (Wildman–Crippen MR) is 90.2 cm³/mol. The van der Waals surface area contributed by atoms with E-state index in [0.29, 0.717) is 24.3 Å². The summed E-state index contributed by atoms with van der Waals surface area (Å²) in [6.45, 7) is 3.33. The summed E-state index contributed by atoms with van der Waals surface area (Å²) in [4.78, 5) is 24.2. The first-order valence-corrected chi connectivity index (χ1v) is 8.32. The van der Waals surface area contributed by atoms with E-state index in [-0.39, 0.29) is 23.7 Å². The van der Waals surface area contributed by atoms with Gasteiger partial charge in [0.15, 0.2) is 0 Å². The molecular weight excluding hydrogens is 322 g/mol. The standard InChI is InChI=1S/C18H21N3O4/c1-12-8-16(25-21-12)18(23)19-10-13-4-2-5-14(9-13)17(22)20-11-15-6-3-7-24-15/h2,4-5,8-9,15H,3,6-7,10-11H2,1H3,(H,19,23)(H,20,22)/t15-/m1/s1. The minimum atomic E-state index is -0.339. The quantitative estimate of drug-likeness (QED) is 0.834. The molecule has 7 heteroatoms. The Balaban J connectivity index is 1.53. The summed E-state index contributed by atoms with van der Waals surface area (Å²) in [5.74, 6) is -0.314. The molecule has 0 radical (unpaired) electrons. The molecular formula is C18H21N3O4. The minimum Gasteiger partial charge on any atom is -0.376 e. The van der Waals surface area contributed by atoms with Crippen molar-refractivity contribution < 1.29 is 18.8 Å². The van der Waals surface area contributed by atoms with Gasteiger partial charge in [0, 0.05) is 31.3 Å². The van der Waals surface area contributed by atoms with Crippen molar-refractivity contribution >= 4 is 11.8 Å². The molecule has 1 aliphatic rings. The first kappa shape index (κ1) is 17.2. The summed E-state index contributed by atoms with van der Waals surface area (Å²) in [6.07, 6.45) is 2.13. The van der Waals surface area contributed by atoms with Crippen LogP contribution in [0.1, 0.15) is 45.0 Å². The third-order valence-corrected chi connectivity index (χ3v) is 4.01. The van der Waals surface area contributed by atoms with Crippen LogP contribution in [0.4, 0.5) is 0 Å². The normalized spacial score (nSPS) is 16.6. The van der Waals surface area contributed by atoms with Gasteiger partial charge in [-0.05, 0) is 37.5 Å². The van der Waals surface area contributed by atoms with Crippen molar-refractivity contribution in [3.8, 4) is 0 Å². The Morgan fingerprint density at radius 2 is 2.12 bits per heavy atom. The van der Waals surface area contributed by atoms with Gasteiger partial charge < -0.3 is 19.9 Å². The van der Waals surface area contributed by atoms with Crippen LogP contribution in [0.15, 0.2) is 34.9 Å². The zero-order chi connectivity index (χ0) is 17.6. The van der Waals surface area contributed by atoms with E-state index in [0.717, 1.165) is 25.0 Å². The highest BCUT2D eigenvalue weighted by Gasteiger charge is 2.17. The third-order valence-electron chi connectivity index (χ3n) is 4.01. The maximum Gasteiger partial charge on any atom is 0.290 e. The molecule has 7 nitrogen and oxygen atoms in total. The van der Waals surface area contributed by atoms with E-state index in [2.05, 4.69) is 15.8 Å². The van der Waals surface area contributed by atoms with Crippen molar-refractivity contribution in [1.29, 1.82) is 0 Å². The summed E-state index contributed by atoms with van der Waals surface area (Å²) < 4.78 is 10.4. The van der Waals surface area contributed by atoms with Gasteiger partial charge in [-0.2, -0.15) is 0 Å². The highest BCUT2D eigenvalue weighted by molar-refractivity contribution is 5.94. The molecule has 1 atom stereocenters. The van der Waals surface area contributed by atoms with Crippen molar-refractivity contribution in [1.82, 2.24) is 15.8 Å². The SMILES string of the molecule is Cc1cc(C(=O)NCc2cccc(C(=O)NC[C@H]3CCCO3)c2)on1. The van der Waals surface area contributed by atoms with Crippen LogP contribution in [-0.2, 0) is 11.3 Å². The van der Waals surface area contributed by atoms with Gasteiger partial charge in [-0.1, -0.05) is 17.3 Å². The van der Waals surface area contributed by atoms with Crippen LogP contribution in [0.2, 0.25) is 0 Å². The number of amides is 2. The molecule has 0 unspecified atom stereocenters. The number of rotatable bonds is 6. The van der Waals surface area contributed by atoms with Gasteiger partial charge in [0.05, 0.1) is 11.8 Å². The molecule has 1 aromatic carbocycles. The number of carbonyl (C=O) groups excluding carboxylic acids is 2. The van der Waals surface area contributed by atoms with Crippen LogP contribution < -0.4 is 10.6 Å². The van der Waals surface area contributed by atoms with E-state index >= 15 is 0 Å². The van der Waals surface area contributed by atoms with Crippen molar-refractivity contribution in [3.63, 3.8) is 0 Å². The Hall–Kier alpha value is -2.67. The van der Waals surface area contributed by atoms with E-state index in [4.69, 9.17) is 9.26 Å². The molecule has 1 saturated heterocycles. The van der Waals surface area contributed by atoms with Gasteiger partial charge >= 0.3 is 0 Å². The lowest BCUT2D eigenvalue weighted by molar-refractivity contribution is 0.0857. The Labute approximate surface area is 145 Å². The Bertz CT molecular complexity index is 750. The summed E-state index contributed by atoms with van der Waals surface area (Å²) in [5, 5.41) is 9.32. The molecule has 25 heavy (non-hydrogen) atoms. The highest BCUT2D eigenvalue weighted by Crippen LogP contribution is 2.11. The molecule has 2 aromatic rings. The molecule has 1 aliphatic heterocycles. The molecule has 0 saturated carbocycles. The second-order valence-corrected chi connectivity index (χ2v) is 6.06. The van der Waals surface area contributed by atoms with Crippen LogP contribution in [0, 0.1) is 6.92 Å². The number of benzene rings is 1. The number of aryl methyl sites for hydroxylation is 1. The van der Waals surface area contributed by atoms with Gasteiger partial charge in [-0.25, -0.2) is 0 Å². The van der Waals surface area contributed by atoms with Crippen molar-refractivity contribution in [2.45, 2.75) is 32.4 Å². The fourth-order valence-corrected chi connectivity index (χ4v) is 2.68. The van der Waals surface area contributed by atoms with E-state index in [9.17, 15) is 9.59 Å². The summed E-state index contributed by atoms with van der Waals surface area (Å²) >= 11 is 0. The van der Waals surface area contributed by atoms with Gasteiger partial charge in [-0.3, -0.25) is 9.59 Å². The number of carbonyl (C=O) groups is 2. The van der Waals surface area contributed by atoms with Crippen LogP contribution in [-0.4, -0.2) is 36.2 Å². The molecule has 132 valence electrons. The van der Waals surface area contributed by atoms with Crippen LogP contribution in [0.5, 0.6) is 0 Å². The average molecular weight is 343 g/mol. The Morgan fingerprint density at radius 3 is 2.84 bits per heavy atom. The smallest absolute Gasteiger partial charge is 0.290 e. The van der Waals surface area contributed by atoms with Crippen LogP contribution >= 0.6 is 0 Å². The number of aromatic nitrogens is 1. The van der Waals surface area contributed by atoms with E-state index < -0.39 is 0 Å². The monoisotopic (exact) mass is 343 g/mol. The van der Waals surface area contributed by atoms with E-state index in [1.165, 1.54) is 0 Å². The lowest BCUT2D eigenvalue weighted by Gasteiger charge is -2.11. The zero-order valence-electron chi connectivity index (χ0n) is 14.1. The predicted octanol–water partition coefficient (Wildman–Crippen LogP) is 1.82. The molecule has 1 aromatic heterocycles. The lowest BCUT2D eigenvalue weighted by Crippen LogP contribution is -2.31. The second-order valence-electron chi connectivity index (χ2n) is 6.06. The fraction of sp³-hybridized carbons (Fsp3) is 0.389. The summed E-state index contributed by atoms with van der Waals surface area (Å²) in [5.41, 5.74) is 2.03. The third kappa shape index (κ3) is 4.67. The fourth-order valence-electron chi connectivity index (χ4n) is 2.68. The topological polar surface area (TPSA) is 93.5 Å². The van der Waals surface area contributed by atoms with Crippen molar-refractivity contribution in [2.75, 3.05) is 13.2 Å². The summed E-state index contributed by atoms with van der Waals surface area (Å²) in [6, 6.07) is 8.72. The summed E-state index contributed by atoms with van der Waals surface area (Å²) in [7, 11) is 0. The molecule has 0 spiro atoms.